The molecule has 1 heterocycles. The molecule has 0 radical (unpaired) electrons. The van der Waals surface area contributed by atoms with Gasteiger partial charge in [-0.05, 0) is 53.9 Å². The molecule has 0 saturated carbocycles. The first-order valence-electron chi connectivity index (χ1n) is 9.35. The number of nitrogens with zero attached hydrogens (tertiary/aromatic N) is 1. The van der Waals surface area contributed by atoms with Crippen molar-refractivity contribution in [3.8, 4) is 17.3 Å². The van der Waals surface area contributed by atoms with E-state index in [2.05, 4.69) is 11.6 Å². The number of aromatic nitrogens is 1. The molecule has 2 aromatic carbocycles. The van der Waals surface area contributed by atoms with Gasteiger partial charge in [0.25, 0.3) is 7.37 Å². The lowest BCUT2D eigenvalue weighted by atomic mass is 10.1. The van der Waals surface area contributed by atoms with Crippen molar-refractivity contribution < 1.29 is 28.9 Å². The molecule has 3 aromatic rings. The largest absolute Gasteiger partial charge is 0.481 e. The zero-order valence-corrected chi connectivity index (χ0v) is 17.1. The average molecular weight is 429 g/mol. The van der Waals surface area contributed by atoms with Crippen LogP contribution in [0.5, 0.6) is 0 Å². The Morgan fingerprint density at radius 1 is 1.20 bits per heavy atom. The van der Waals surface area contributed by atoms with Crippen molar-refractivity contribution in [1.82, 2.24) is 4.57 Å². The van der Waals surface area contributed by atoms with Crippen LogP contribution in [0.25, 0.3) is 16.6 Å². The first-order valence-corrected chi connectivity index (χ1v) is 11.2. The highest BCUT2D eigenvalue weighted by Gasteiger charge is 2.23. The number of carboxylic acid groups (broad SMARTS) is 1. The smallest absolute Gasteiger partial charge is 0.305 e. The maximum Gasteiger partial charge on any atom is 0.305 e. The van der Waals surface area contributed by atoms with Crippen molar-refractivity contribution in [3.05, 3.63) is 65.6 Å². The number of rotatable bonds is 6. The fraction of sp³-hybridized carbons (Fsp3) is 0.227. The Bertz CT molecular complexity index is 1190. The minimum atomic E-state index is -4.11. The molecule has 0 aliphatic carbocycles. The van der Waals surface area contributed by atoms with E-state index in [-0.39, 0.29) is 5.82 Å². The van der Waals surface area contributed by atoms with E-state index < -0.39 is 32.0 Å². The zero-order chi connectivity index (χ0) is 21.9. The Morgan fingerprint density at radius 2 is 1.87 bits per heavy atom. The second-order valence-electron chi connectivity index (χ2n) is 6.88. The van der Waals surface area contributed by atoms with Crippen molar-refractivity contribution in [3.63, 3.8) is 0 Å². The van der Waals surface area contributed by atoms with Gasteiger partial charge in [-0.15, -0.1) is 0 Å². The summed E-state index contributed by atoms with van der Waals surface area (Å²) >= 11 is 0. The molecule has 1 unspecified atom stereocenters. The Hall–Kier alpha value is -2.91. The van der Waals surface area contributed by atoms with Crippen molar-refractivity contribution in [2.24, 2.45) is 0 Å². The van der Waals surface area contributed by atoms with Crippen molar-refractivity contribution in [2.75, 3.05) is 6.16 Å². The molecule has 0 fully saturated rings. The number of halogens is 1. The lowest BCUT2D eigenvalue weighted by Crippen LogP contribution is -2.17. The summed E-state index contributed by atoms with van der Waals surface area (Å²) in [6, 6.07) is 13.4. The number of aliphatic hydroxyl groups excluding tert-OH is 1. The molecule has 0 spiro atoms. The molecule has 3 N–H and O–H groups in total. The second-order valence-corrected chi connectivity index (χ2v) is 8.87. The Kier molecular flexibility index (Phi) is 6.42. The van der Waals surface area contributed by atoms with Crippen LogP contribution >= 0.6 is 7.37 Å². The van der Waals surface area contributed by atoms with E-state index in [1.54, 1.807) is 16.7 Å². The fourth-order valence-electron chi connectivity index (χ4n) is 3.39. The highest BCUT2D eigenvalue weighted by molar-refractivity contribution is 7.63. The molecule has 1 aromatic heterocycles. The number of aliphatic hydroxyl groups is 1. The average Bonchev–Trinajstić information content (AvgIpc) is 2.99. The Labute approximate surface area is 173 Å². The van der Waals surface area contributed by atoms with Gasteiger partial charge >= 0.3 is 5.97 Å². The number of aryl methyl sites for hydroxylation is 1. The monoisotopic (exact) mass is 429 g/mol. The van der Waals surface area contributed by atoms with Crippen LogP contribution in [0.4, 0.5) is 4.39 Å². The maximum absolute atomic E-state index is 13.4. The lowest BCUT2D eigenvalue weighted by molar-refractivity contribution is -0.138. The SMILES string of the molecule is CCc1c(C#CP(=O)(O)C[C@@H](O)CC(=O)O)n(-c2ccc(F)cc2)c2ccccc12. The van der Waals surface area contributed by atoms with Gasteiger partial charge in [0.15, 0.2) is 0 Å². The van der Waals surface area contributed by atoms with Gasteiger partial charge in [-0.25, -0.2) is 4.39 Å². The lowest BCUT2D eigenvalue weighted by Gasteiger charge is -2.10. The molecular weight excluding hydrogens is 408 g/mol. The molecule has 0 amide bonds. The van der Waals surface area contributed by atoms with Gasteiger partial charge in [0.2, 0.25) is 0 Å². The molecular formula is C22H21FNO5P. The molecule has 2 atom stereocenters. The van der Waals surface area contributed by atoms with Gasteiger partial charge in [-0.2, -0.15) is 0 Å². The second kappa shape index (κ2) is 8.85. The predicted octanol–water partition coefficient (Wildman–Crippen LogP) is 3.75. The molecule has 0 aliphatic rings. The van der Waals surface area contributed by atoms with Gasteiger partial charge in [0.1, 0.15) is 11.5 Å². The summed E-state index contributed by atoms with van der Waals surface area (Å²) in [5.74, 6) is 1.13. The van der Waals surface area contributed by atoms with Crippen LogP contribution in [0.1, 0.15) is 24.6 Å². The van der Waals surface area contributed by atoms with E-state index in [1.807, 2.05) is 31.2 Å². The van der Waals surface area contributed by atoms with Gasteiger partial charge in [-0.1, -0.05) is 25.1 Å². The third kappa shape index (κ3) is 4.80. The number of carbonyl (C=O) groups is 1. The molecule has 3 rings (SSSR count). The van der Waals surface area contributed by atoms with Crippen LogP contribution < -0.4 is 0 Å². The minimum absolute atomic E-state index is 0.383. The molecule has 6 nitrogen and oxygen atoms in total. The molecule has 0 bridgehead atoms. The summed E-state index contributed by atoms with van der Waals surface area (Å²) < 4.78 is 27.7. The van der Waals surface area contributed by atoms with E-state index in [0.717, 1.165) is 16.5 Å². The zero-order valence-electron chi connectivity index (χ0n) is 16.2. The third-order valence-corrected chi connectivity index (χ3v) is 6.01. The van der Waals surface area contributed by atoms with Crippen LogP contribution in [0.15, 0.2) is 48.5 Å². The van der Waals surface area contributed by atoms with Crippen molar-refractivity contribution >= 4 is 24.2 Å². The fourth-order valence-corrected chi connectivity index (χ4v) is 4.46. The Balaban J connectivity index is 2.13. The topological polar surface area (TPSA) is 99.8 Å². The number of para-hydroxylation sites is 1. The van der Waals surface area contributed by atoms with Crippen LogP contribution in [0.2, 0.25) is 0 Å². The number of hydrogen-bond donors (Lipinski definition) is 3. The summed E-state index contributed by atoms with van der Waals surface area (Å²) in [6.45, 7) is 1.94. The normalized spacial score (nSPS) is 14.0. The summed E-state index contributed by atoms with van der Waals surface area (Å²) in [5.41, 5.74) is 5.18. The van der Waals surface area contributed by atoms with Gasteiger partial charge in [-0.3, -0.25) is 9.36 Å². The first-order chi connectivity index (χ1) is 14.2. The number of fused-ring (bicyclic) bond motifs is 1. The van der Waals surface area contributed by atoms with Crippen molar-refractivity contribution in [2.45, 2.75) is 25.9 Å². The molecule has 0 saturated heterocycles. The van der Waals surface area contributed by atoms with Crippen LogP contribution in [-0.2, 0) is 15.8 Å². The quantitative estimate of drug-likeness (QED) is 0.409. The highest BCUT2D eigenvalue weighted by atomic mass is 31.2. The summed E-state index contributed by atoms with van der Waals surface area (Å²) in [7, 11) is -4.11. The highest BCUT2D eigenvalue weighted by Crippen LogP contribution is 2.40. The van der Waals surface area contributed by atoms with Gasteiger partial charge in [0.05, 0.1) is 24.2 Å². The summed E-state index contributed by atoms with van der Waals surface area (Å²) in [4.78, 5) is 20.9. The molecule has 156 valence electrons. The van der Waals surface area contributed by atoms with Gasteiger partial charge in [0, 0.05) is 11.1 Å². The van der Waals surface area contributed by atoms with E-state index in [9.17, 15) is 23.7 Å². The number of hydrogen-bond acceptors (Lipinski definition) is 3. The number of carboxylic acids is 1. The molecule has 8 heteroatoms. The maximum atomic E-state index is 13.4. The molecule has 0 aliphatic heterocycles. The molecule has 30 heavy (non-hydrogen) atoms. The van der Waals surface area contributed by atoms with E-state index >= 15 is 0 Å². The number of benzene rings is 2. The van der Waals surface area contributed by atoms with E-state index in [0.29, 0.717) is 17.8 Å². The third-order valence-electron chi connectivity index (χ3n) is 4.64. The van der Waals surface area contributed by atoms with E-state index in [1.165, 1.54) is 12.1 Å². The van der Waals surface area contributed by atoms with Crippen LogP contribution in [0, 0.1) is 17.4 Å². The van der Waals surface area contributed by atoms with Crippen LogP contribution in [-0.4, -0.2) is 37.9 Å². The van der Waals surface area contributed by atoms with Crippen LogP contribution in [0.3, 0.4) is 0 Å². The van der Waals surface area contributed by atoms with Gasteiger partial charge < -0.3 is 19.7 Å². The summed E-state index contributed by atoms with van der Waals surface area (Å²) in [5, 5.41) is 19.4. The van der Waals surface area contributed by atoms with Crippen molar-refractivity contribution in [1.29, 1.82) is 0 Å². The Morgan fingerprint density at radius 3 is 2.50 bits per heavy atom. The first kappa shape index (κ1) is 21.8. The number of aliphatic carboxylic acids is 1. The predicted molar refractivity (Wildman–Crippen MR) is 112 cm³/mol. The summed E-state index contributed by atoms with van der Waals surface area (Å²) in [6.07, 6.45) is -2.13. The standard InChI is InChI=1S/C22H21FNO5P/c1-2-18-19-5-3-4-6-20(19)24(16-9-7-15(23)8-10-16)21(18)11-12-30(28,29)14-17(25)13-22(26)27/h3-10,17,25H,2,13-14H2,1H3,(H,26,27)(H,28,29)/t17-/m0/s1. The van der Waals surface area contributed by atoms with E-state index in [4.69, 9.17) is 5.11 Å². The minimum Gasteiger partial charge on any atom is -0.481 e.